The number of aromatic amines is 1. The van der Waals surface area contributed by atoms with Gasteiger partial charge in [-0.15, -0.1) is 0 Å². The highest BCUT2D eigenvalue weighted by Crippen LogP contribution is 2.35. The summed E-state index contributed by atoms with van der Waals surface area (Å²) in [6.45, 7) is -0.296. The molecule has 1 aromatic carbocycles. The lowest BCUT2D eigenvalue weighted by Crippen LogP contribution is -2.16. The van der Waals surface area contributed by atoms with Crippen molar-refractivity contribution in [2.24, 2.45) is 0 Å². The van der Waals surface area contributed by atoms with Gasteiger partial charge in [0.25, 0.3) is 5.56 Å². The van der Waals surface area contributed by atoms with Crippen LogP contribution >= 0.6 is 0 Å². The van der Waals surface area contributed by atoms with E-state index in [4.69, 9.17) is 16.1 Å². The summed E-state index contributed by atoms with van der Waals surface area (Å²) in [5, 5.41) is 37.4. The molecule has 21 heavy (non-hydrogen) atoms. The van der Waals surface area contributed by atoms with E-state index in [9.17, 15) is 15.2 Å². The van der Waals surface area contributed by atoms with Crippen molar-refractivity contribution in [3.8, 4) is 29.0 Å². The number of anilines is 1. The lowest BCUT2D eigenvalue weighted by Gasteiger charge is -2.11. The highest BCUT2D eigenvalue weighted by molar-refractivity contribution is 5.83. The standard InChI is InChI=1S/C14H10N4O3/c15-4-9-12(10(5-16)14(21)18-13(9)17)8-3-7(6-19)1-2-11(8)20/h1-3,19-20H,6H2,(H3,17,18,21). The highest BCUT2D eigenvalue weighted by atomic mass is 16.3. The van der Waals surface area contributed by atoms with E-state index in [1.165, 1.54) is 18.2 Å². The van der Waals surface area contributed by atoms with Gasteiger partial charge >= 0.3 is 0 Å². The van der Waals surface area contributed by atoms with E-state index in [2.05, 4.69) is 4.98 Å². The smallest absolute Gasteiger partial charge is 0.268 e. The molecule has 0 fully saturated rings. The number of phenols is 1. The van der Waals surface area contributed by atoms with Gasteiger partial charge < -0.3 is 20.9 Å². The summed E-state index contributed by atoms with van der Waals surface area (Å²) in [5.41, 5.74) is 4.90. The quantitative estimate of drug-likeness (QED) is 0.632. The van der Waals surface area contributed by atoms with Gasteiger partial charge in [-0.2, -0.15) is 10.5 Å². The molecule has 0 spiro atoms. The van der Waals surface area contributed by atoms with Gasteiger partial charge in [0.15, 0.2) is 0 Å². The van der Waals surface area contributed by atoms with Crippen LogP contribution in [0.2, 0.25) is 0 Å². The normalized spacial score (nSPS) is 9.86. The van der Waals surface area contributed by atoms with Gasteiger partial charge in [-0.1, -0.05) is 6.07 Å². The van der Waals surface area contributed by atoms with Crippen molar-refractivity contribution in [1.29, 1.82) is 10.5 Å². The van der Waals surface area contributed by atoms with Gasteiger partial charge in [-0.05, 0) is 17.7 Å². The van der Waals surface area contributed by atoms with E-state index < -0.39 is 5.56 Å². The Hall–Kier alpha value is -3.29. The molecule has 2 aromatic rings. The average Bonchev–Trinajstić information content (AvgIpc) is 2.47. The highest BCUT2D eigenvalue weighted by Gasteiger charge is 2.20. The van der Waals surface area contributed by atoms with Crippen LogP contribution in [-0.4, -0.2) is 15.2 Å². The number of nitriles is 2. The third-order valence-electron chi connectivity index (χ3n) is 2.98. The first-order valence-corrected chi connectivity index (χ1v) is 5.82. The Bertz CT molecular complexity index is 856. The molecule has 0 aliphatic heterocycles. The zero-order valence-corrected chi connectivity index (χ0v) is 10.7. The fourth-order valence-corrected chi connectivity index (χ4v) is 1.99. The van der Waals surface area contributed by atoms with E-state index in [1.54, 1.807) is 6.07 Å². The molecule has 0 radical (unpaired) electrons. The number of nitrogen functional groups attached to an aromatic ring is 1. The molecule has 2 rings (SSSR count). The molecule has 5 N–H and O–H groups in total. The minimum atomic E-state index is -0.752. The van der Waals surface area contributed by atoms with Gasteiger partial charge in [0.05, 0.1) is 6.61 Å². The summed E-state index contributed by atoms with van der Waals surface area (Å²) in [6, 6.07) is 7.69. The second kappa shape index (κ2) is 5.37. The molecular weight excluding hydrogens is 272 g/mol. The molecule has 0 unspecified atom stereocenters. The number of nitrogens with two attached hydrogens (primary N) is 1. The predicted octanol–water partition coefficient (Wildman–Crippen LogP) is 0.565. The fraction of sp³-hybridized carbons (Fsp3) is 0.0714. The van der Waals surface area contributed by atoms with Crippen molar-refractivity contribution in [3.63, 3.8) is 0 Å². The first-order valence-electron chi connectivity index (χ1n) is 5.82. The maximum atomic E-state index is 11.8. The zero-order chi connectivity index (χ0) is 15.6. The van der Waals surface area contributed by atoms with Gasteiger partial charge in [-0.25, -0.2) is 0 Å². The average molecular weight is 282 g/mol. The minimum Gasteiger partial charge on any atom is -0.507 e. The summed E-state index contributed by atoms with van der Waals surface area (Å²) in [7, 11) is 0. The summed E-state index contributed by atoms with van der Waals surface area (Å²) in [4.78, 5) is 14.0. The zero-order valence-electron chi connectivity index (χ0n) is 10.7. The Morgan fingerprint density at radius 3 is 2.48 bits per heavy atom. The van der Waals surface area contributed by atoms with Gasteiger partial charge in [0.2, 0.25) is 0 Å². The summed E-state index contributed by atoms with van der Waals surface area (Å²) < 4.78 is 0. The van der Waals surface area contributed by atoms with Gasteiger partial charge in [0, 0.05) is 11.1 Å². The molecule has 7 nitrogen and oxygen atoms in total. The van der Waals surface area contributed by atoms with Crippen molar-refractivity contribution >= 4 is 5.82 Å². The monoisotopic (exact) mass is 282 g/mol. The topological polar surface area (TPSA) is 147 Å². The molecule has 1 aromatic heterocycles. The largest absolute Gasteiger partial charge is 0.507 e. The molecule has 0 saturated carbocycles. The van der Waals surface area contributed by atoms with E-state index in [0.29, 0.717) is 5.56 Å². The van der Waals surface area contributed by atoms with Crippen LogP contribution in [0.25, 0.3) is 11.1 Å². The summed E-state index contributed by atoms with van der Waals surface area (Å²) in [6.07, 6.45) is 0. The molecule has 0 amide bonds. The van der Waals surface area contributed by atoms with Gasteiger partial charge in [-0.3, -0.25) is 4.79 Å². The van der Waals surface area contributed by atoms with E-state index in [1.807, 2.05) is 6.07 Å². The number of aliphatic hydroxyl groups excluding tert-OH is 1. The molecule has 0 saturated heterocycles. The molecule has 0 atom stereocenters. The van der Waals surface area contributed by atoms with Crippen molar-refractivity contribution in [2.75, 3.05) is 5.73 Å². The van der Waals surface area contributed by atoms with Crippen molar-refractivity contribution < 1.29 is 10.2 Å². The van der Waals surface area contributed by atoms with Crippen LogP contribution in [-0.2, 0) is 6.61 Å². The minimum absolute atomic E-state index is 0.0472. The van der Waals surface area contributed by atoms with Crippen LogP contribution in [0.15, 0.2) is 23.0 Å². The fourth-order valence-electron chi connectivity index (χ4n) is 1.99. The van der Waals surface area contributed by atoms with Crippen LogP contribution in [0.4, 0.5) is 5.82 Å². The SMILES string of the molecule is N#Cc1c(N)[nH]c(=O)c(C#N)c1-c1cc(CO)ccc1O. The predicted molar refractivity (Wildman–Crippen MR) is 73.9 cm³/mol. The lowest BCUT2D eigenvalue weighted by atomic mass is 9.94. The number of benzene rings is 1. The Kier molecular flexibility index (Phi) is 3.61. The van der Waals surface area contributed by atoms with Crippen LogP contribution in [0.1, 0.15) is 16.7 Å². The molecule has 1 heterocycles. The van der Waals surface area contributed by atoms with Crippen LogP contribution in [0, 0.1) is 22.7 Å². The van der Waals surface area contributed by atoms with E-state index in [-0.39, 0.29) is 40.4 Å². The third kappa shape index (κ3) is 2.29. The number of nitrogens with one attached hydrogen (secondary N) is 1. The van der Waals surface area contributed by atoms with E-state index >= 15 is 0 Å². The Labute approximate surface area is 119 Å². The second-order valence-corrected chi connectivity index (χ2v) is 4.23. The first-order chi connectivity index (χ1) is 10.0. The van der Waals surface area contributed by atoms with Crippen LogP contribution in [0.5, 0.6) is 5.75 Å². The van der Waals surface area contributed by atoms with Crippen LogP contribution < -0.4 is 11.3 Å². The Balaban J connectivity index is 2.96. The first kappa shape index (κ1) is 14.1. The molecule has 0 bridgehead atoms. The maximum Gasteiger partial charge on any atom is 0.268 e. The van der Waals surface area contributed by atoms with Crippen molar-refractivity contribution in [3.05, 3.63) is 45.2 Å². The number of H-pyrrole nitrogens is 1. The maximum absolute atomic E-state index is 11.8. The number of phenolic OH excluding ortho intramolecular Hbond substituents is 1. The third-order valence-corrected chi connectivity index (χ3v) is 2.98. The van der Waals surface area contributed by atoms with Crippen molar-refractivity contribution in [2.45, 2.75) is 6.61 Å². The molecule has 0 aliphatic rings. The molecule has 7 heteroatoms. The van der Waals surface area contributed by atoms with Crippen molar-refractivity contribution in [1.82, 2.24) is 4.98 Å². The number of nitrogens with zero attached hydrogens (tertiary/aromatic N) is 2. The summed E-state index contributed by atoms with van der Waals surface area (Å²) in [5.74, 6) is -0.421. The number of hydrogen-bond acceptors (Lipinski definition) is 6. The number of rotatable bonds is 2. The van der Waals surface area contributed by atoms with Gasteiger partial charge in [0.1, 0.15) is 34.8 Å². The Morgan fingerprint density at radius 2 is 1.90 bits per heavy atom. The molecule has 0 aliphatic carbocycles. The summed E-state index contributed by atoms with van der Waals surface area (Å²) >= 11 is 0. The number of hydrogen-bond donors (Lipinski definition) is 4. The molecule has 104 valence electrons. The Morgan fingerprint density at radius 1 is 1.24 bits per heavy atom. The number of aliphatic hydroxyl groups is 1. The number of pyridine rings is 1. The molecular formula is C14H10N4O3. The lowest BCUT2D eigenvalue weighted by molar-refractivity contribution is 0.282. The van der Waals surface area contributed by atoms with Crippen LogP contribution in [0.3, 0.4) is 0 Å². The second-order valence-electron chi connectivity index (χ2n) is 4.23. The number of aromatic nitrogens is 1. The number of aromatic hydroxyl groups is 1. The van der Waals surface area contributed by atoms with E-state index in [0.717, 1.165) is 0 Å².